The van der Waals surface area contributed by atoms with E-state index >= 15 is 0 Å². The van der Waals surface area contributed by atoms with Gasteiger partial charge in [0, 0.05) is 45.1 Å². The zero-order valence-electron chi connectivity index (χ0n) is 12.4. The molecule has 0 atom stereocenters. The molecule has 0 saturated carbocycles. The Balaban J connectivity index is 1.48. The second kappa shape index (κ2) is 7.04. The monoisotopic (exact) mass is 297 g/mol. The number of ether oxygens (including phenoxy) is 1. The first-order valence-electron chi connectivity index (χ1n) is 7.44. The van der Waals surface area contributed by atoms with E-state index in [-0.39, 0.29) is 6.09 Å². The van der Waals surface area contributed by atoms with Gasteiger partial charge in [0.05, 0.1) is 0 Å². The first-order valence-corrected chi connectivity index (χ1v) is 7.44. The van der Waals surface area contributed by atoms with Gasteiger partial charge < -0.3 is 9.64 Å². The SMILES string of the molecule is O=C(Oc1ccccc1)N1CCN(Cc2cccnc2)CC1. The third-order valence-corrected chi connectivity index (χ3v) is 3.71. The molecular formula is C17H19N3O2. The molecule has 5 nitrogen and oxygen atoms in total. The Hall–Kier alpha value is -2.40. The predicted molar refractivity (Wildman–Crippen MR) is 83.6 cm³/mol. The summed E-state index contributed by atoms with van der Waals surface area (Å²) >= 11 is 0. The lowest BCUT2D eigenvalue weighted by molar-refractivity contribution is 0.108. The normalized spacial score (nSPS) is 15.5. The van der Waals surface area contributed by atoms with Crippen LogP contribution in [0.2, 0.25) is 0 Å². The number of hydrogen-bond acceptors (Lipinski definition) is 4. The zero-order chi connectivity index (χ0) is 15.2. The van der Waals surface area contributed by atoms with Gasteiger partial charge in [0.15, 0.2) is 0 Å². The van der Waals surface area contributed by atoms with Gasteiger partial charge in [-0.15, -0.1) is 0 Å². The van der Waals surface area contributed by atoms with Gasteiger partial charge in [-0.05, 0) is 23.8 Å². The van der Waals surface area contributed by atoms with E-state index in [2.05, 4.69) is 16.0 Å². The number of hydrogen-bond donors (Lipinski definition) is 0. The molecule has 0 spiro atoms. The van der Waals surface area contributed by atoms with Gasteiger partial charge in [-0.25, -0.2) is 4.79 Å². The number of amides is 1. The summed E-state index contributed by atoms with van der Waals surface area (Å²) in [6.45, 7) is 3.94. The molecule has 1 aliphatic rings. The highest BCUT2D eigenvalue weighted by Gasteiger charge is 2.22. The molecule has 22 heavy (non-hydrogen) atoms. The zero-order valence-corrected chi connectivity index (χ0v) is 12.4. The highest BCUT2D eigenvalue weighted by molar-refractivity contribution is 5.70. The van der Waals surface area contributed by atoms with Crippen LogP contribution in [0.3, 0.4) is 0 Å². The van der Waals surface area contributed by atoms with Crippen LogP contribution in [0.1, 0.15) is 5.56 Å². The molecule has 5 heteroatoms. The highest BCUT2D eigenvalue weighted by Crippen LogP contribution is 2.12. The Kier molecular flexibility index (Phi) is 4.65. The average molecular weight is 297 g/mol. The Labute approximate surface area is 130 Å². The van der Waals surface area contributed by atoms with Crippen molar-refractivity contribution < 1.29 is 9.53 Å². The summed E-state index contributed by atoms with van der Waals surface area (Å²) in [5, 5.41) is 0. The Morgan fingerprint density at radius 1 is 1.05 bits per heavy atom. The summed E-state index contributed by atoms with van der Waals surface area (Å²) in [6, 6.07) is 13.2. The molecule has 1 saturated heterocycles. The molecule has 1 fully saturated rings. The predicted octanol–water partition coefficient (Wildman–Crippen LogP) is 2.40. The number of rotatable bonds is 3. The first-order chi connectivity index (χ1) is 10.8. The van der Waals surface area contributed by atoms with E-state index in [9.17, 15) is 4.79 Å². The Bertz CT molecular complexity index is 596. The van der Waals surface area contributed by atoms with Gasteiger partial charge in [0.25, 0.3) is 0 Å². The summed E-state index contributed by atoms with van der Waals surface area (Å²) in [7, 11) is 0. The fourth-order valence-electron chi connectivity index (χ4n) is 2.49. The summed E-state index contributed by atoms with van der Waals surface area (Å²) < 4.78 is 5.37. The van der Waals surface area contributed by atoms with E-state index in [1.54, 1.807) is 23.2 Å². The molecular weight excluding hydrogens is 278 g/mol. The van der Waals surface area contributed by atoms with E-state index in [1.807, 2.05) is 30.5 Å². The van der Waals surface area contributed by atoms with Gasteiger partial charge in [-0.2, -0.15) is 0 Å². The van der Waals surface area contributed by atoms with Gasteiger partial charge in [-0.3, -0.25) is 9.88 Å². The number of para-hydroxylation sites is 1. The van der Waals surface area contributed by atoms with Crippen molar-refractivity contribution >= 4 is 6.09 Å². The second-order valence-electron chi connectivity index (χ2n) is 5.31. The van der Waals surface area contributed by atoms with Gasteiger partial charge in [-0.1, -0.05) is 24.3 Å². The lowest BCUT2D eigenvalue weighted by Crippen LogP contribution is -2.49. The molecule has 1 amide bonds. The van der Waals surface area contributed by atoms with E-state index in [0.717, 1.165) is 19.6 Å². The largest absolute Gasteiger partial charge is 0.415 e. The van der Waals surface area contributed by atoms with Crippen molar-refractivity contribution in [3.05, 3.63) is 60.4 Å². The third-order valence-electron chi connectivity index (χ3n) is 3.71. The summed E-state index contributed by atoms with van der Waals surface area (Å²) in [4.78, 5) is 20.3. The van der Waals surface area contributed by atoms with Crippen LogP contribution < -0.4 is 4.74 Å². The molecule has 2 aromatic rings. The van der Waals surface area contributed by atoms with Crippen molar-refractivity contribution in [1.29, 1.82) is 0 Å². The molecule has 0 radical (unpaired) electrons. The van der Waals surface area contributed by atoms with Crippen LogP contribution in [-0.2, 0) is 6.54 Å². The Morgan fingerprint density at radius 3 is 2.50 bits per heavy atom. The van der Waals surface area contributed by atoms with Gasteiger partial charge in [0.1, 0.15) is 5.75 Å². The van der Waals surface area contributed by atoms with Crippen molar-refractivity contribution in [3.63, 3.8) is 0 Å². The molecule has 1 aromatic heterocycles. The number of carbonyl (C=O) groups is 1. The minimum atomic E-state index is -0.271. The number of piperazine rings is 1. The molecule has 0 N–H and O–H groups in total. The maximum Gasteiger partial charge on any atom is 0.415 e. The quantitative estimate of drug-likeness (QED) is 0.872. The van der Waals surface area contributed by atoms with Crippen LogP contribution in [0, 0.1) is 0 Å². The standard InChI is InChI=1S/C17H19N3O2/c21-17(22-16-6-2-1-3-7-16)20-11-9-19(10-12-20)14-15-5-4-8-18-13-15/h1-8,13H,9-12,14H2. The number of carbonyl (C=O) groups excluding carboxylic acids is 1. The smallest absolute Gasteiger partial charge is 0.410 e. The molecule has 1 aromatic carbocycles. The fraction of sp³-hybridized carbons (Fsp3) is 0.294. The summed E-state index contributed by atoms with van der Waals surface area (Å²) in [6.07, 6.45) is 3.39. The van der Waals surface area contributed by atoms with Crippen LogP contribution in [0.4, 0.5) is 4.79 Å². The first kappa shape index (κ1) is 14.5. The lowest BCUT2D eigenvalue weighted by atomic mass is 10.2. The number of pyridine rings is 1. The van der Waals surface area contributed by atoms with Crippen molar-refractivity contribution in [2.75, 3.05) is 26.2 Å². The molecule has 114 valence electrons. The van der Waals surface area contributed by atoms with Gasteiger partial charge >= 0.3 is 6.09 Å². The minimum Gasteiger partial charge on any atom is -0.410 e. The Morgan fingerprint density at radius 2 is 1.82 bits per heavy atom. The lowest BCUT2D eigenvalue weighted by Gasteiger charge is -2.33. The van der Waals surface area contributed by atoms with E-state index in [4.69, 9.17) is 4.74 Å². The van der Waals surface area contributed by atoms with Crippen LogP contribution >= 0.6 is 0 Å². The number of aromatic nitrogens is 1. The van der Waals surface area contributed by atoms with Crippen molar-refractivity contribution in [3.8, 4) is 5.75 Å². The maximum absolute atomic E-state index is 12.1. The minimum absolute atomic E-state index is 0.271. The van der Waals surface area contributed by atoms with Crippen LogP contribution in [0.15, 0.2) is 54.9 Å². The molecule has 1 aliphatic heterocycles. The molecule has 0 bridgehead atoms. The molecule has 0 aliphatic carbocycles. The third kappa shape index (κ3) is 3.83. The van der Waals surface area contributed by atoms with Crippen LogP contribution in [0.5, 0.6) is 5.75 Å². The molecule has 3 rings (SSSR count). The average Bonchev–Trinajstić information content (AvgIpc) is 2.57. The maximum atomic E-state index is 12.1. The van der Waals surface area contributed by atoms with E-state index in [0.29, 0.717) is 18.8 Å². The molecule has 0 unspecified atom stereocenters. The van der Waals surface area contributed by atoms with Crippen LogP contribution in [0.25, 0.3) is 0 Å². The van der Waals surface area contributed by atoms with E-state index in [1.165, 1.54) is 5.56 Å². The van der Waals surface area contributed by atoms with Crippen molar-refractivity contribution in [2.24, 2.45) is 0 Å². The topological polar surface area (TPSA) is 45.7 Å². The van der Waals surface area contributed by atoms with Crippen molar-refractivity contribution in [1.82, 2.24) is 14.8 Å². The summed E-state index contributed by atoms with van der Waals surface area (Å²) in [5.74, 6) is 0.588. The molecule has 2 heterocycles. The fourth-order valence-corrected chi connectivity index (χ4v) is 2.49. The van der Waals surface area contributed by atoms with E-state index < -0.39 is 0 Å². The number of benzene rings is 1. The number of nitrogens with zero attached hydrogens (tertiary/aromatic N) is 3. The van der Waals surface area contributed by atoms with Crippen molar-refractivity contribution in [2.45, 2.75) is 6.54 Å². The van der Waals surface area contributed by atoms with Crippen LogP contribution in [-0.4, -0.2) is 47.1 Å². The highest BCUT2D eigenvalue weighted by atomic mass is 16.6. The summed E-state index contributed by atoms with van der Waals surface area (Å²) in [5.41, 5.74) is 1.20. The van der Waals surface area contributed by atoms with Gasteiger partial charge in [0.2, 0.25) is 0 Å². The second-order valence-corrected chi connectivity index (χ2v) is 5.31.